The minimum Gasteiger partial charge on any atom is -0.360 e. The highest BCUT2D eigenvalue weighted by Gasteiger charge is 2.47. The number of hydrogen-bond acceptors (Lipinski definition) is 7. The molecule has 196 valence electrons. The largest absolute Gasteiger partial charge is 0.360 e. The molecule has 0 bridgehead atoms. The van der Waals surface area contributed by atoms with Gasteiger partial charge in [0.25, 0.3) is 11.8 Å². The number of rotatable bonds is 7. The summed E-state index contributed by atoms with van der Waals surface area (Å²) >= 11 is 18.3. The first kappa shape index (κ1) is 27.4. The summed E-state index contributed by atoms with van der Waals surface area (Å²) in [6.07, 6.45) is -1.51. The average Bonchev–Trinajstić information content (AvgIpc) is 3.48. The lowest BCUT2D eigenvalue weighted by atomic mass is 10.0. The summed E-state index contributed by atoms with van der Waals surface area (Å²) in [5.74, 6) is -1.17. The van der Waals surface area contributed by atoms with Crippen molar-refractivity contribution in [1.82, 2.24) is 19.7 Å². The second-order valence-corrected chi connectivity index (χ2v) is 11.2. The molecule has 1 saturated heterocycles. The van der Waals surface area contributed by atoms with E-state index in [0.29, 0.717) is 10.6 Å². The Morgan fingerprint density at radius 2 is 1.84 bits per heavy atom. The lowest BCUT2D eigenvalue weighted by molar-refractivity contribution is -0.127. The molecule has 0 radical (unpaired) electrons. The lowest BCUT2D eigenvalue weighted by Crippen LogP contribution is -2.54. The first-order valence-corrected chi connectivity index (χ1v) is 13.6. The summed E-state index contributed by atoms with van der Waals surface area (Å²) in [6.45, 7) is 1.51. The van der Waals surface area contributed by atoms with E-state index in [1.807, 2.05) is 0 Å². The van der Waals surface area contributed by atoms with E-state index in [1.54, 1.807) is 31.2 Å². The highest BCUT2D eigenvalue weighted by Crippen LogP contribution is 2.34. The Hall–Kier alpha value is -2.67. The number of carbonyl (C=O) groups is 2. The van der Waals surface area contributed by atoms with Crippen molar-refractivity contribution in [3.63, 3.8) is 0 Å². The van der Waals surface area contributed by atoms with Gasteiger partial charge in [-0.2, -0.15) is 4.31 Å². The van der Waals surface area contributed by atoms with Gasteiger partial charge in [0.2, 0.25) is 10.0 Å². The number of nitrogens with two attached hydrogens (primary N) is 1. The minimum atomic E-state index is -4.27. The van der Waals surface area contributed by atoms with E-state index in [1.165, 1.54) is 18.2 Å². The van der Waals surface area contributed by atoms with Crippen LogP contribution in [-0.4, -0.2) is 66.9 Å². The van der Waals surface area contributed by atoms with Crippen molar-refractivity contribution < 1.29 is 22.5 Å². The Kier molecular flexibility index (Phi) is 8.12. The molecular formula is C23H22Cl3N5O5S. The molecule has 0 aliphatic carbocycles. The van der Waals surface area contributed by atoms with Gasteiger partial charge in [0.1, 0.15) is 17.0 Å². The molecule has 3 aromatic rings. The average molecular weight is 587 g/mol. The molecule has 1 aliphatic heterocycles. The van der Waals surface area contributed by atoms with E-state index in [-0.39, 0.29) is 58.1 Å². The van der Waals surface area contributed by atoms with E-state index in [0.717, 1.165) is 9.21 Å². The molecule has 2 heterocycles. The Labute approximate surface area is 228 Å². The topological polar surface area (TPSA) is 139 Å². The molecule has 4 rings (SSSR count). The quantitative estimate of drug-likeness (QED) is 0.434. The van der Waals surface area contributed by atoms with E-state index < -0.39 is 28.0 Å². The molecule has 1 atom stereocenters. The molecule has 14 heteroatoms. The van der Waals surface area contributed by atoms with Crippen LogP contribution < -0.4 is 11.1 Å². The Morgan fingerprint density at radius 1 is 1.11 bits per heavy atom. The van der Waals surface area contributed by atoms with E-state index in [9.17, 15) is 18.0 Å². The summed E-state index contributed by atoms with van der Waals surface area (Å²) in [4.78, 5) is 28.0. The number of aryl methyl sites for hydroxylation is 1. The van der Waals surface area contributed by atoms with Crippen LogP contribution in [0, 0.1) is 6.92 Å². The summed E-state index contributed by atoms with van der Waals surface area (Å²) in [5.41, 5.74) is 6.22. The minimum absolute atomic E-state index is 0.0310. The zero-order valence-electron chi connectivity index (χ0n) is 19.4. The maximum atomic E-state index is 13.8. The fraction of sp³-hybridized carbons (Fsp3) is 0.261. The van der Waals surface area contributed by atoms with Gasteiger partial charge in [0.15, 0.2) is 6.17 Å². The van der Waals surface area contributed by atoms with Crippen LogP contribution in [0.5, 0.6) is 0 Å². The van der Waals surface area contributed by atoms with E-state index >= 15 is 0 Å². The van der Waals surface area contributed by atoms with Crippen molar-refractivity contribution in [2.45, 2.75) is 18.0 Å². The van der Waals surface area contributed by atoms with E-state index in [2.05, 4.69) is 10.5 Å². The van der Waals surface area contributed by atoms with Crippen LogP contribution in [-0.2, 0) is 14.8 Å². The van der Waals surface area contributed by atoms with Crippen molar-refractivity contribution in [2.75, 3.05) is 26.2 Å². The third kappa shape index (κ3) is 5.20. The fourth-order valence-electron chi connectivity index (χ4n) is 4.01. The number of nitrogens with zero attached hydrogens (tertiary/aromatic N) is 3. The summed E-state index contributed by atoms with van der Waals surface area (Å²) in [7, 11) is -4.27. The van der Waals surface area contributed by atoms with Gasteiger partial charge in [-0.05, 0) is 31.2 Å². The second kappa shape index (κ2) is 11.0. The smallest absolute Gasteiger partial charge is 0.261 e. The van der Waals surface area contributed by atoms with Crippen LogP contribution in [0.25, 0.3) is 11.3 Å². The standard InChI is InChI=1S/C23H22Cl3N5O5S/c1-13-19(20(29-36-13)15-4-2-3-5-16(15)24)23(33)30-10-11-31(22(30)21(32)28-9-8-27)37(34,35)14-6-7-17(25)18(26)12-14/h2-7,12,22H,8-11,27H2,1H3,(H,28,32). The molecule has 3 N–H and O–H groups in total. The van der Waals surface area contributed by atoms with E-state index in [4.69, 9.17) is 45.1 Å². The number of amides is 2. The van der Waals surface area contributed by atoms with Gasteiger partial charge in [-0.15, -0.1) is 0 Å². The molecule has 0 spiro atoms. The molecule has 2 amide bonds. The van der Waals surface area contributed by atoms with Gasteiger partial charge >= 0.3 is 0 Å². The molecule has 10 nitrogen and oxygen atoms in total. The SMILES string of the molecule is Cc1onc(-c2ccccc2Cl)c1C(=O)N1CCN(S(=O)(=O)c2ccc(Cl)c(Cl)c2)C1C(=O)NCCN. The predicted octanol–water partition coefficient (Wildman–Crippen LogP) is 3.16. The molecule has 1 aliphatic rings. The van der Waals surface area contributed by atoms with Crippen LogP contribution in [0.1, 0.15) is 16.1 Å². The third-order valence-electron chi connectivity index (χ3n) is 5.77. The number of aromatic nitrogens is 1. The molecule has 0 saturated carbocycles. The number of hydrogen-bond donors (Lipinski definition) is 2. The van der Waals surface area contributed by atoms with Gasteiger partial charge in [-0.1, -0.05) is 58.2 Å². The van der Waals surface area contributed by atoms with Crippen molar-refractivity contribution >= 4 is 56.6 Å². The van der Waals surface area contributed by atoms with Crippen LogP contribution in [0.3, 0.4) is 0 Å². The Balaban J connectivity index is 1.77. The first-order chi connectivity index (χ1) is 17.6. The highest BCUT2D eigenvalue weighted by molar-refractivity contribution is 7.89. The summed E-state index contributed by atoms with van der Waals surface area (Å²) in [6, 6.07) is 10.6. The molecule has 1 fully saturated rings. The second-order valence-electron chi connectivity index (χ2n) is 8.09. The van der Waals surface area contributed by atoms with Crippen molar-refractivity contribution in [3.8, 4) is 11.3 Å². The number of nitrogens with one attached hydrogen (secondary N) is 1. The maximum Gasteiger partial charge on any atom is 0.261 e. The molecular weight excluding hydrogens is 565 g/mol. The maximum absolute atomic E-state index is 13.8. The summed E-state index contributed by atoms with van der Waals surface area (Å²) < 4.78 is 33.4. The Morgan fingerprint density at radius 3 is 2.51 bits per heavy atom. The summed E-state index contributed by atoms with van der Waals surface area (Å²) in [5, 5.41) is 7.13. The zero-order chi connectivity index (χ0) is 26.9. The Bertz CT molecular complexity index is 1460. The van der Waals surface area contributed by atoms with Crippen LogP contribution in [0.15, 0.2) is 51.9 Å². The number of benzene rings is 2. The lowest BCUT2D eigenvalue weighted by Gasteiger charge is -2.28. The molecule has 2 aromatic carbocycles. The third-order valence-corrected chi connectivity index (χ3v) is 8.69. The first-order valence-electron chi connectivity index (χ1n) is 11.0. The van der Waals surface area contributed by atoms with Gasteiger partial charge in [0, 0.05) is 31.7 Å². The molecule has 37 heavy (non-hydrogen) atoms. The number of sulfonamides is 1. The van der Waals surface area contributed by atoms with Crippen LogP contribution >= 0.6 is 34.8 Å². The van der Waals surface area contributed by atoms with Crippen molar-refractivity contribution in [2.24, 2.45) is 5.73 Å². The highest BCUT2D eigenvalue weighted by atomic mass is 35.5. The fourth-order valence-corrected chi connectivity index (χ4v) is 6.17. The van der Waals surface area contributed by atoms with Gasteiger partial charge in [-0.25, -0.2) is 8.42 Å². The molecule has 1 unspecified atom stereocenters. The number of carbonyl (C=O) groups excluding carboxylic acids is 2. The van der Waals surface area contributed by atoms with Crippen LogP contribution in [0.4, 0.5) is 0 Å². The predicted molar refractivity (Wildman–Crippen MR) is 139 cm³/mol. The monoisotopic (exact) mass is 585 g/mol. The van der Waals surface area contributed by atoms with Gasteiger partial charge in [-0.3, -0.25) is 9.59 Å². The number of halogens is 3. The van der Waals surface area contributed by atoms with Crippen molar-refractivity contribution in [1.29, 1.82) is 0 Å². The van der Waals surface area contributed by atoms with Gasteiger partial charge in [0.05, 0.1) is 20.0 Å². The van der Waals surface area contributed by atoms with Crippen LogP contribution in [0.2, 0.25) is 15.1 Å². The van der Waals surface area contributed by atoms with Gasteiger partial charge < -0.3 is 20.5 Å². The normalized spacial score (nSPS) is 16.2. The zero-order valence-corrected chi connectivity index (χ0v) is 22.5. The van der Waals surface area contributed by atoms with Crippen molar-refractivity contribution in [3.05, 3.63) is 68.9 Å². The molecule has 1 aromatic heterocycles.